The molecule has 0 unspecified atom stereocenters. The highest BCUT2D eigenvalue weighted by atomic mass is 16.2. The maximum Gasteiger partial charge on any atom is 0.431 e. The van der Waals surface area contributed by atoms with Crippen LogP contribution in [0.15, 0.2) is 5.10 Å². The number of nitrogens with one attached hydrogen (secondary N) is 1. The van der Waals surface area contributed by atoms with E-state index in [-0.39, 0.29) is 5.91 Å². The second kappa shape index (κ2) is 2.79. The fraction of sp³-hybridized carbons (Fsp3) is 0.429. The molecule has 0 radical (unpaired) electrons. The van der Waals surface area contributed by atoms with E-state index in [0.29, 0.717) is 18.2 Å². The minimum absolute atomic E-state index is 0.117. The van der Waals surface area contributed by atoms with Gasteiger partial charge in [-0.1, -0.05) is 5.01 Å². The molecule has 0 aromatic carbocycles. The number of hydrazone groups is 1. The molecular formula is C7H11N6O+. The molecule has 0 spiro atoms. The SMILES string of the molecule is CC1=NN(c2n[nH]c(C)[n+]2N)C(=O)C1. The highest BCUT2D eigenvalue weighted by Crippen LogP contribution is 2.13. The Hall–Kier alpha value is -1.92. The molecule has 7 heteroatoms. The first-order valence-corrected chi connectivity index (χ1v) is 4.18. The van der Waals surface area contributed by atoms with Crippen molar-refractivity contribution in [3.63, 3.8) is 0 Å². The summed E-state index contributed by atoms with van der Waals surface area (Å²) in [5.74, 6) is 6.50. The molecule has 0 bridgehead atoms. The monoisotopic (exact) mass is 195 g/mol. The molecule has 0 saturated carbocycles. The number of nitrogen functional groups attached to an aromatic ring is 1. The molecule has 0 saturated heterocycles. The number of anilines is 1. The lowest BCUT2D eigenvalue weighted by Crippen LogP contribution is -2.50. The van der Waals surface area contributed by atoms with Gasteiger partial charge in [0.25, 0.3) is 5.91 Å². The smallest absolute Gasteiger partial charge is 0.298 e. The second-order valence-electron chi connectivity index (χ2n) is 3.20. The van der Waals surface area contributed by atoms with Crippen LogP contribution in [0.25, 0.3) is 0 Å². The Bertz CT molecular complexity index is 420. The summed E-state index contributed by atoms with van der Waals surface area (Å²) in [6, 6.07) is 0. The Morgan fingerprint density at radius 2 is 2.29 bits per heavy atom. The summed E-state index contributed by atoms with van der Waals surface area (Å²) >= 11 is 0. The second-order valence-corrected chi connectivity index (χ2v) is 3.20. The van der Waals surface area contributed by atoms with Gasteiger partial charge in [0.2, 0.25) is 5.82 Å². The summed E-state index contributed by atoms with van der Waals surface area (Å²) < 4.78 is 1.29. The Labute approximate surface area is 80.2 Å². The van der Waals surface area contributed by atoms with Crippen LogP contribution >= 0.6 is 0 Å². The number of rotatable bonds is 1. The average Bonchev–Trinajstić information content (AvgIpc) is 2.59. The zero-order chi connectivity index (χ0) is 10.3. The summed E-state index contributed by atoms with van der Waals surface area (Å²) in [7, 11) is 0. The molecule has 14 heavy (non-hydrogen) atoms. The lowest BCUT2D eigenvalue weighted by atomic mass is 10.3. The van der Waals surface area contributed by atoms with Gasteiger partial charge in [-0.3, -0.25) is 10.6 Å². The van der Waals surface area contributed by atoms with Crippen LogP contribution in [0.3, 0.4) is 0 Å². The van der Waals surface area contributed by atoms with Crippen molar-refractivity contribution >= 4 is 17.6 Å². The lowest BCUT2D eigenvalue weighted by molar-refractivity contribution is -0.632. The van der Waals surface area contributed by atoms with E-state index in [9.17, 15) is 4.79 Å². The van der Waals surface area contributed by atoms with Crippen molar-refractivity contribution < 1.29 is 9.47 Å². The van der Waals surface area contributed by atoms with Crippen LogP contribution in [0.4, 0.5) is 5.95 Å². The van der Waals surface area contributed by atoms with E-state index in [1.807, 2.05) is 0 Å². The van der Waals surface area contributed by atoms with Gasteiger partial charge in [0.1, 0.15) is 0 Å². The van der Waals surface area contributed by atoms with Gasteiger partial charge in [-0.15, -0.1) is 9.78 Å². The van der Waals surface area contributed by atoms with E-state index in [1.54, 1.807) is 13.8 Å². The molecular weight excluding hydrogens is 184 g/mol. The van der Waals surface area contributed by atoms with Crippen LogP contribution in [-0.2, 0) is 4.79 Å². The number of hydrogen-bond donors (Lipinski definition) is 2. The predicted octanol–water partition coefficient (Wildman–Crippen LogP) is -1.17. The van der Waals surface area contributed by atoms with E-state index in [4.69, 9.17) is 5.84 Å². The predicted molar refractivity (Wildman–Crippen MR) is 48.9 cm³/mol. The fourth-order valence-corrected chi connectivity index (χ4v) is 1.25. The van der Waals surface area contributed by atoms with Crippen molar-refractivity contribution in [2.45, 2.75) is 20.3 Å². The summed E-state index contributed by atoms with van der Waals surface area (Å²) in [5, 5.41) is 11.8. The number of nitrogens with zero attached hydrogens (tertiary/aromatic N) is 4. The van der Waals surface area contributed by atoms with Crippen LogP contribution in [-0.4, -0.2) is 21.8 Å². The molecule has 1 aliphatic heterocycles. The molecule has 1 amide bonds. The summed E-state index contributed by atoms with van der Waals surface area (Å²) in [4.78, 5) is 11.4. The van der Waals surface area contributed by atoms with E-state index < -0.39 is 0 Å². The third kappa shape index (κ3) is 1.13. The fourth-order valence-electron chi connectivity index (χ4n) is 1.25. The third-order valence-electron chi connectivity index (χ3n) is 2.00. The van der Waals surface area contributed by atoms with Crippen LogP contribution in [0.1, 0.15) is 19.2 Å². The number of amides is 1. The van der Waals surface area contributed by atoms with Crippen LogP contribution in [0.2, 0.25) is 0 Å². The van der Waals surface area contributed by atoms with Gasteiger partial charge in [0, 0.05) is 12.0 Å². The van der Waals surface area contributed by atoms with Gasteiger partial charge in [0.05, 0.1) is 12.1 Å². The van der Waals surface area contributed by atoms with Gasteiger partial charge in [-0.05, 0) is 6.92 Å². The number of aryl methyl sites for hydroxylation is 1. The number of aromatic nitrogens is 3. The van der Waals surface area contributed by atoms with Gasteiger partial charge in [0.15, 0.2) is 0 Å². The molecule has 0 atom stereocenters. The normalized spacial score (nSPS) is 16.3. The standard InChI is InChI=1S/C7H10N6O/c1-4-3-6(14)13(11-4)7-10-9-5(2)12(7)8/h3,8H2,1-2H3/p+1. The van der Waals surface area contributed by atoms with Gasteiger partial charge >= 0.3 is 5.95 Å². The van der Waals surface area contributed by atoms with Gasteiger partial charge in [-0.25, -0.2) is 0 Å². The first kappa shape index (κ1) is 8.67. The van der Waals surface area contributed by atoms with E-state index in [0.717, 1.165) is 5.71 Å². The molecule has 0 aliphatic carbocycles. The summed E-state index contributed by atoms with van der Waals surface area (Å²) in [5.41, 5.74) is 0.760. The molecule has 7 nitrogen and oxygen atoms in total. The first-order valence-electron chi connectivity index (χ1n) is 4.18. The molecule has 1 aliphatic rings. The third-order valence-corrected chi connectivity index (χ3v) is 2.00. The Kier molecular flexibility index (Phi) is 1.73. The Morgan fingerprint density at radius 1 is 1.57 bits per heavy atom. The summed E-state index contributed by atoms with van der Waals surface area (Å²) in [6.07, 6.45) is 0.325. The maximum absolute atomic E-state index is 11.4. The van der Waals surface area contributed by atoms with Crippen LogP contribution in [0, 0.1) is 6.92 Å². The molecule has 3 N–H and O–H groups in total. The van der Waals surface area contributed by atoms with E-state index in [1.165, 1.54) is 9.69 Å². The Balaban J connectivity index is 2.41. The first-order chi connectivity index (χ1) is 6.59. The molecule has 1 aromatic heterocycles. The summed E-state index contributed by atoms with van der Waals surface area (Å²) in [6.45, 7) is 3.55. The minimum Gasteiger partial charge on any atom is -0.298 e. The minimum atomic E-state index is -0.117. The van der Waals surface area contributed by atoms with E-state index in [2.05, 4.69) is 15.3 Å². The zero-order valence-corrected chi connectivity index (χ0v) is 7.98. The zero-order valence-electron chi connectivity index (χ0n) is 7.98. The van der Waals surface area contributed by atoms with Gasteiger partial charge < -0.3 is 0 Å². The van der Waals surface area contributed by atoms with Crippen molar-refractivity contribution in [3.8, 4) is 0 Å². The highest BCUT2D eigenvalue weighted by Gasteiger charge is 2.33. The number of H-pyrrole nitrogens is 1. The quantitative estimate of drug-likeness (QED) is 0.437. The number of carbonyl (C=O) groups excluding carboxylic acids is 1. The van der Waals surface area contributed by atoms with Crippen molar-refractivity contribution in [2.24, 2.45) is 5.10 Å². The van der Waals surface area contributed by atoms with Crippen molar-refractivity contribution in [1.82, 2.24) is 10.2 Å². The molecule has 2 rings (SSSR count). The molecule has 1 aromatic rings. The highest BCUT2D eigenvalue weighted by molar-refractivity contribution is 6.11. The number of nitrogens with two attached hydrogens (primary N) is 1. The van der Waals surface area contributed by atoms with Crippen LogP contribution < -0.4 is 15.5 Å². The lowest BCUT2D eigenvalue weighted by Gasteiger charge is -2.00. The number of hydrogen-bond acceptors (Lipinski definition) is 4. The van der Waals surface area contributed by atoms with Crippen LogP contribution in [0.5, 0.6) is 0 Å². The number of carbonyl (C=O) groups is 1. The molecule has 74 valence electrons. The topological polar surface area (TPSA) is 91.2 Å². The van der Waals surface area contributed by atoms with Crippen molar-refractivity contribution in [2.75, 3.05) is 10.9 Å². The maximum atomic E-state index is 11.4. The number of aromatic amines is 1. The molecule has 0 fully saturated rings. The van der Waals surface area contributed by atoms with Gasteiger partial charge in [-0.2, -0.15) is 5.10 Å². The van der Waals surface area contributed by atoms with E-state index >= 15 is 0 Å². The largest absolute Gasteiger partial charge is 0.431 e. The van der Waals surface area contributed by atoms with Crippen molar-refractivity contribution in [1.29, 1.82) is 0 Å². The average molecular weight is 195 g/mol. The molecule has 2 heterocycles. The Morgan fingerprint density at radius 3 is 2.71 bits per heavy atom. The van der Waals surface area contributed by atoms with Crippen molar-refractivity contribution in [3.05, 3.63) is 5.82 Å².